The molecular weight excluding hydrogens is 1120 g/mol. The van der Waals surface area contributed by atoms with Crippen LogP contribution in [0.4, 0.5) is 16.2 Å². The highest BCUT2D eigenvalue weighted by atomic mass is 35.5. The number of hydrogen-bond acceptors (Lipinski definition) is 7. The predicted molar refractivity (Wildman–Crippen MR) is 340 cm³/mol. The molecule has 9 heterocycles. The summed E-state index contributed by atoms with van der Waals surface area (Å²) in [5.74, 6) is 2.97. The molecule has 5 N–H and O–H groups in total. The molecule has 4 amide bonds. The number of likely N-dealkylation sites (tertiary alicyclic amines) is 1. The average molecular weight is 1200 g/mol. The molecule has 5 saturated heterocycles. The summed E-state index contributed by atoms with van der Waals surface area (Å²) in [6, 6.07) is 26.5. The second-order valence-electron chi connectivity index (χ2n) is 24.3. The van der Waals surface area contributed by atoms with Gasteiger partial charge in [0.25, 0.3) is 0 Å². The van der Waals surface area contributed by atoms with Gasteiger partial charge in [-0.25, -0.2) is 17.5 Å². The lowest BCUT2D eigenvalue weighted by molar-refractivity contribution is -0.131. The summed E-state index contributed by atoms with van der Waals surface area (Å²) >= 11 is 12.4. The van der Waals surface area contributed by atoms with Crippen LogP contribution in [0.25, 0.3) is 43.6 Å². The normalized spacial score (nSPS) is 20.8. The third kappa shape index (κ3) is 12.5. The number of hydrogen-bond donors (Lipinski definition) is 5. The average Bonchev–Trinajstić information content (AvgIpc) is 4.37. The van der Waals surface area contributed by atoms with Gasteiger partial charge in [0.05, 0.1) is 12.3 Å². The lowest BCUT2D eigenvalue weighted by Crippen LogP contribution is -2.54. The van der Waals surface area contributed by atoms with Crippen LogP contribution in [-0.4, -0.2) is 156 Å². The number of aromatic nitrogens is 4. The number of piperidine rings is 2. The van der Waals surface area contributed by atoms with E-state index in [-0.39, 0.29) is 29.9 Å². The summed E-state index contributed by atoms with van der Waals surface area (Å²) in [6.45, 7) is 14.2. The molecule has 0 spiro atoms. The highest BCUT2D eigenvalue weighted by Crippen LogP contribution is 2.45. The van der Waals surface area contributed by atoms with Crippen molar-refractivity contribution in [2.75, 3.05) is 88.0 Å². The standard InChI is InChI=1S/C18H22N2O.C17H22N2O2S.C16H20ClN3O.C14H15ClN4O/c1-12(21)20-8-5-14(6-9-20)17-10-15(13-2-3-13)11-18-16(17)4-7-19-18;1-22(20,21)19-8-5-13(6-9-19)16-10-14(12-2-3-12)11-17-15(16)4-7-18-17;1-3-13-10-19(6-7-20(13)11(2)21)16-9-12(17)8-15-14(16)4-5-18-15;15-9-5-12-11(1-2-16-12)13(6-9)18-3-4-19-10(8-18)7-17-14(19)20/h4,7,10-11,13-14,19H,2-3,5-6,8-9H2,1H3;4,7,10-13,18H,2-3,5-6,8-9H2,1H3;4-5,8-9,13,18H,3,6-7,10H2,1-2H3;1-2,5-6,10,16H,3-4,7-8H2,(H,17,20). The van der Waals surface area contributed by atoms with Gasteiger partial charge in [0, 0.05) is 182 Å². The van der Waals surface area contributed by atoms with Gasteiger partial charge in [-0.3, -0.25) is 9.59 Å². The zero-order valence-corrected chi connectivity index (χ0v) is 51.1. The third-order valence-electron chi connectivity index (χ3n) is 18.8. The molecule has 2 aliphatic carbocycles. The molecule has 0 radical (unpaired) electrons. The van der Waals surface area contributed by atoms with Gasteiger partial charge in [0.2, 0.25) is 21.8 Å². The largest absolute Gasteiger partial charge is 0.367 e. The Hall–Kier alpha value is -6.66. The monoisotopic (exact) mass is 1200 g/mol. The van der Waals surface area contributed by atoms with Crippen LogP contribution in [0.5, 0.6) is 0 Å². The predicted octanol–water partition coefficient (Wildman–Crippen LogP) is 12.3. The number of piperazine rings is 2. The molecular formula is C65H79Cl2N11O5S. The van der Waals surface area contributed by atoms with Crippen molar-refractivity contribution in [1.29, 1.82) is 0 Å². The molecule has 84 heavy (non-hydrogen) atoms. The van der Waals surface area contributed by atoms with E-state index < -0.39 is 10.0 Å². The summed E-state index contributed by atoms with van der Waals surface area (Å²) in [5.41, 5.74) is 12.8. The van der Waals surface area contributed by atoms with Crippen molar-refractivity contribution >= 4 is 106 Å². The van der Waals surface area contributed by atoms with Gasteiger partial charge in [-0.2, -0.15) is 0 Å². The Kier molecular flexibility index (Phi) is 16.8. The topological polar surface area (TPSA) is 180 Å². The number of sulfonamides is 1. The first kappa shape index (κ1) is 57.8. The number of carbonyl (C=O) groups excluding carboxylic acids is 3. The van der Waals surface area contributed by atoms with Crippen molar-refractivity contribution < 1.29 is 22.8 Å². The first-order valence-electron chi connectivity index (χ1n) is 30.3. The second-order valence-corrected chi connectivity index (χ2v) is 27.1. The van der Waals surface area contributed by atoms with E-state index >= 15 is 0 Å². The Bertz CT molecular complexity index is 3810. The zero-order chi connectivity index (χ0) is 58.4. The van der Waals surface area contributed by atoms with Crippen molar-refractivity contribution in [2.24, 2.45) is 0 Å². The van der Waals surface area contributed by atoms with Crippen molar-refractivity contribution in [2.45, 2.75) is 114 Å². The molecule has 19 heteroatoms. The maximum Gasteiger partial charge on any atom is 0.317 e. The Morgan fingerprint density at radius 1 is 0.548 bits per heavy atom. The Labute approximate surface area is 502 Å². The Morgan fingerprint density at radius 3 is 1.48 bits per heavy atom. The first-order chi connectivity index (χ1) is 40.6. The molecule has 2 atom stereocenters. The third-order valence-corrected chi connectivity index (χ3v) is 20.5. The van der Waals surface area contributed by atoms with Crippen LogP contribution in [0, 0.1) is 0 Å². The summed E-state index contributed by atoms with van der Waals surface area (Å²) in [7, 11) is -3.05. The molecule has 15 rings (SSSR count). The number of carbonyl (C=O) groups is 3. The number of urea groups is 1. The quantitative estimate of drug-likeness (QED) is 0.100. The minimum Gasteiger partial charge on any atom is -0.367 e. The van der Waals surface area contributed by atoms with Crippen molar-refractivity contribution in [3.63, 3.8) is 0 Å². The zero-order valence-electron chi connectivity index (χ0n) is 48.7. The van der Waals surface area contributed by atoms with Gasteiger partial charge in [-0.05, 0) is 164 Å². The van der Waals surface area contributed by atoms with Gasteiger partial charge < -0.3 is 49.8 Å². The Balaban J connectivity index is 0.000000110. The molecule has 5 aliphatic heterocycles. The number of anilines is 2. The summed E-state index contributed by atoms with van der Waals surface area (Å²) in [4.78, 5) is 58.6. The van der Waals surface area contributed by atoms with E-state index in [4.69, 9.17) is 23.2 Å². The van der Waals surface area contributed by atoms with E-state index in [0.29, 0.717) is 24.9 Å². The highest BCUT2D eigenvalue weighted by Gasteiger charge is 2.37. The number of amides is 4. The SMILES string of the molecule is CC(=O)N1CCC(c2cc(C3CC3)cc3[nH]ccc23)CC1.CCC1CN(c2cc(Cl)cc3[nH]ccc23)CCN1C(C)=O.CS(=O)(=O)N1CCC(c2cc(C3CC3)cc3[nH]ccc23)CC1.O=C1NCC2CN(c3cc(Cl)cc4[nH]ccc34)CCN12. The second kappa shape index (κ2) is 24.4. The summed E-state index contributed by atoms with van der Waals surface area (Å²) < 4.78 is 25.0. The van der Waals surface area contributed by atoms with E-state index in [9.17, 15) is 22.8 Å². The minimum atomic E-state index is -3.05. The highest BCUT2D eigenvalue weighted by molar-refractivity contribution is 7.88. The van der Waals surface area contributed by atoms with E-state index in [1.165, 1.54) is 86.8 Å². The van der Waals surface area contributed by atoms with Crippen LogP contribution in [0.2, 0.25) is 10.0 Å². The number of fused-ring (bicyclic) bond motifs is 5. The van der Waals surface area contributed by atoms with Crippen LogP contribution in [0.15, 0.2) is 97.6 Å². The van der Waals surface area contributed by atoms with Gasteiger partial charge >= 0.3 is 6.03 Å². The van der Waals surface area contributed by atoms with Crippen molar-refractivity contribution in [3.8, 4) is 0 Å². The van der Waals surface area contributed by atoms with E-state index in [2.05, 4.69) is 96.7 Å². The Morgan fingerprint density at radius 2 is 1.01 bits per heavy atom. The molecule has 2 unspecified atom stereocenters. The number of halogens is 2. The molecule has 0 bridgehead atoms. The van der Waals surface area contributed by atoms with Crippen LogP contribution < -0.4 is 15.1 Å². The number of rotatable bonds is 8. The summed E-state index contributed by atoms with van der Waals surface area (Å²) in [5, 5.41) is 9.43. The number of nitrogens with zero attached hydrogens (tertiary/aromatic N) is 6. The fourth-order valence-electron chi connectivity index (χ4n) is 13.8. The molecule has 444 valence electrons. The molecule has 16 nitrogen and oxygen atoms in total. The molecule has 7 fully saturated rings. The number of H-pyrrole nitrogens is 4. The van der Waals surface area contributed by atoms with E-state index in [1.54, 1.807) is 18.2 Å². The molecule has 7 aliphatic rings. The van der Waals surface area contributed by atoms with Gasteiger partial charge in [0.1, 0.15) is 0 Å². The minimum absolute atomic E-state index is 0.0625. The van der Waals surface area contributed by atoms with Crippen molar-refractivity contribution in [3.05, 3.63) is 130 Å². The molecule has 2 saturated carbocycles. The lowest BCUT2D eigenvalue weighted by atomic mass is 9.86. The van der Waals surface area contributed by atoms with Crippen LogP contribution >= 0.6 is 23.2 Å². The fraction of sp³-hybridized carbons (Fsp3) is 0.462. The fourth-order valence-corrected chi connectivity index (χ4v) is 15.1. The van der Waals surface area contributed by atoms with Crippen LogP contribution in [0.1, 0.15) is 124 Å². The van der Waals surface area contributed by atoms with Crippen molar-refractivity contribution in [1.82, 2.24) is 44.3 Å². The van der Waals surface area contributed by atoms with E-state index in [1.807, 2.05) is 57.6 Å². The van der Waals surface area contributed by atoms with E-state index in [0.717, 1.165) is 135 Å². The molecule has 4 aromatic carbocycles. The first-order valence-corrected chi connectivity index (χ1v) is 32.9. The smallest absolute Gasteiger partial charge is 0.317 e. The number of benzene rings is 4. The van der Waals surface area contributed by atoms with Crippen LogP contribution in [-0.2, 0) is 19.6 Å². The number of nitrogens with one attached hydrogen (secondary N) is 5. The number of aromatic amines is 4. The summed E-state index contributed by atoms with van der Waals surface area (Å²) in [6.07, 6.45) is 19.5. The lowest BCUT2D eigenvalue weighted by Gasteiger charge is -2.42. The van der Waals surface area contributed by atoms with Gasteiger partial charge in [-0.1, -0.05) is 42.3 Å². The molecule has 4 aromatic heterocycles. The molecule has 8 aromatic rings. The van der Waals surface area contributed by atoms with Gasteiger partial charge in [-0.15, -0.1) is 0 Å². The van der Waals surface area contributed by atoms with Gasteiger partial charge in [0.15, 0.2) is 0 Å². The maximum atomic E-state index is 11.7. The van der Waals surface area contributed by atoms with Crippen LogP contribution in [0.3, 0.4) is 0 Å². The maximum absolute atomic E-state index is 11.7.